The lowest BCUT2D eigenvalue weighted by atomic mass is 10.3. The predicted molar refractivity (Wildman–Crippen MR) is 65.6 cm³/mol. The van der Waals surface area contributed by atoms with Gasteiger partial charge in [-0.3, -0.25) is 0 Å². The zero-order valence-corrected chi connectivity index (χ0v) is 9.75. The summed E-state index contributed by atoms with van der Waals surface area (Å²) in [5.41, 5.74) is 1.14. The largest absolute Gasteiger partial charge is 0.494 e. The van der Waals surface area contributed by atoms with Crippen LogP contribution in [0, 0.1) is 0 Å². The molecule has 0 unspecified atom stereocenters. The molecular formula is C13H21NO. The minimum Gasteiger partial charge on any atom is -0.494 e. The Bertz CT molecular complexity index is 273. The fourth-order valence-electron chi connectivity index (χ4n) is 1.30. The molecule has 0 aliphatic carbocycles. The Hall–Kier alpha value is -1.18. The average molecular weight is 207 g/mol. The molecule has 0 aliphatic rings. The van der Waals surface area contributed by atoms with Crippen molar-refractivity contribution in [1.29, 1.82) is 0 Å². The van der Waals surface area contributed by atoms with E-state index in [0.29, 0.717) is 0 Å². The van der Waals surface area contributed by atoms with Crippen LogP contribution in [0.25, 0.3) is 0 Å². The molecule has 1 rings (SSSR count). The van der Waals surface area contributed by atoms with Gasteiger partial charge in [-0.15, -0.1) is 0 Å². The molecule has 0 saturated carbocycles. The molecule has 0 saturated heterocycles. The van der Waals surface area contributed by atoms with Crippen LogP contribution < -0.4 is 10.1 Å². The summed E-state index contributed by atoms with van der Waals surface area (Å²) in [6, 6.07) is 8.17. The molecular weight excluding hydrogens is 186 g/mol. The van der Waals surface area contributed by atoms with Crippen molar-refractivity contribution in [3.05, 3.63) is 24.3 Å². The van der Waals surface area contributed by atoms with Gasteiger partial charge in [0.1, 0.15) is 5.75 Å². The highest BCUT2D eigenvalue weighted by Gasteiger charge is 1.95. The highest BCUT2D eigenvalue weighted by atomic mass is 16.5. The molecule has 15 heavy (non-hydrogen) atoms. The van der Waals surface area contributed by atoms with Gasteiger partial charge in [0.25, 0.3) is 0 Å². The molecule has 1 aromatic carbocycles. The first-order valence-electron chi connectivity index (χ1n) is 5.83. The summed E-state index contributed by atoms with van der Waals surface area (Å²) < 4.78 is 5.63. The highest BCUT2D eigenvalue weighted by Crippen LogP contribution is 2.17. The van der Waals surface area contributed by atoms with Crippen LogP contribution in [-0.4, -0.2) is 13.2 Å². The Balaban J connectivity index is 2.42. The molecule has 0 aliphatic heterocycles. The number of nitrogens with one attached hydrogen (secondary N) is 1. The number of rotatable bonds is 7. The molecule has 2 heteroatoms. The van der Waals surface area contributed by atoms with E-state index in [-0.39, 0.29) is 0 Å². The second kappa shape index (κ2) is 7.16. The Kier molecular flexibility index (Phi) is 5.67. The van der Waals surface area contributed by atoms with Crippen LogP contribution in [0.2, 0.25) is 0 Å². The van der Waals surface area contributed by atoms with E-state index in [9.17, 15) is 0 Å². The number of hydrogen-bond donors (Lipinski definition) is 1. The number of ether oxygens (including phenoxy) is 1. The topological polar surface area (TPSA) is 21.3 Å². The summed E-state index contributed by atoms with van der Waals surface area (Å²) in [5.74, 6) is 0.963. The van der Waals surface area contributed by atoms with Crippen LogP contribution in [0.3, 0.4) is 0 Å². The van der Waals surface area contributed by atoms with Crippen LogP contribution in [0.15, 0.2) is 24.3 Å². The molecule has 0 amide bonds. The summed E-state index contributed by atoms with van der Waals surface area (Å²) >= 11 is 0. The van der Waals surface area contributed by atoms with Crippen molar-refractivity contribution in [2.24, 2.45) is 0 Å². The van der Waals surface area contributed by atoms with Crippen molar-refractivity contribution >= 4 is 5.69 Å². The van der Waals surface area contributed by atoms with Gasteiger partial charge >= 0.3 is 0 Å². The first-order chi connectivity index (χ1) is 7.36. The maximum Gasteiger partial charge on any atom is 0.121 e. The van der Waals surface area contributed by atoms with E-state index in [2.05, 4.69) is 31.3 Å². The molecule has 84 valence electrons. The molecule has 0 bridgehead atoms. The summed E-state index contributed by atoms with van der Waals surface area (Å²) in [6.45, 7) is 6.16. The Labute approximate surface area is 92.6 Å². The van der Waals surface area contributed by atoms with E-state index in [1.54, 1.807) is 0 Å². The van der Waals surface area contributed by atoms with Crippen LogP contribution in [0.4, 0.5) is 5.69 Å². The highest BCUT2D eigenvalue weighted by molar-refractivity contribution is 5.48. The first kappa shape index (κ1) is 11.9. The van der Waals surface area contributed by atoms with E-state index in [1.165, 1.54) is 6.42 Å². The lowest BCUT2D eigenvalue weighted by Crippen LogP contribution is -2.01. The summed E-state index contributed by atoms with van der Waals surface area (Å²) in [7, 11) is 0. The molecule has 0 spiro atoms. The summed E-state index contributed by atoms with van der Waals surface area (Å²) in [4.78, 5) is 0. The van der Waals surface area contributed by atoms with Gasteiger partial charge in [-0.2, -0.15) is 0 Å². The third-order valence-corrected chi connectivity index (χ3v) is 2.18. The van der Waals surface area contributed by atoms with Gasteiger partial charge in [0, 0.05) is 18.3 Å². The predicted octanol–water partition coefficient (Wildman–Crippen LogP) is 3.69. The lowest BCUT2D eigenvalue weighted by Gasteiger charge is -2.08. The van der Waals surface area contributed by atoms with Crippen molar-refractivity contribution in [1.82, 2.24) is 0 Å². The first-order valence-corrected chi connectivity index (χ1v) is 5.83. The Morgan fingerprint density at radius 2 is 2.07 bits per heavy atom. The summed E-state index contributed by atoms with van der Waals surface area (Å²) in [6.07, 6.45) is 3.43. The van der Waals surface area contributed by atoms with Gasteiger partial charge in [-0.1, -0.05) is 26.3 Å². The number of anilines is 1. The van der Waals surface area contributed by atoms with Crippen LogP contribution in [-0.2, 0) is 0 Å². The van der Waals surface area contributed by atoms with Crippen LogP contribution in [0.5, 0.6) is 5.75 Å². The fraction of sp³-hybridized carbons (Fsp3) is 0.538. The maximum absolute atomic E-state index is 5.63. The zero-order valence-electron chi connectivity index (χ0n) is 9.75. The average Bonchev–Trinajstić information content (AvgIpc) is 2.27. The molecule has 0 heterocycles. The van der Waals surface area contributed by atoms with Gasteiger partial charge in [0.15, 0.2) is 0 Å². The van der Waals surface area contributed by atoms with Crippen molar-refractivity contribution in [3.8, 4) is 5.75 Å². The van der Waals surface area contributed by atoms with Gasteiger partial charge < -0.3 is 10.1 Å². The van der Waals surface area contributed by atoms with Gasteiger partial charge in [-0.25, -0.2) is 0 Å². The monoisotopic (exact) mass is 207 g/mol. The van der Waals surface area contributed by atoms with Gasteiger partial charge in [0.2, 0.25) is 0 Å². The second-order valence-electron chi connectivity index (χ2n) is 3.66. The van der Waals surface area contributed by atoms with Crippen LogP contribution >= 0.6 is 0 Å². The molecule has 0 aromatic heterocycles. The fourth-order valence-corrected chi connectivity index (χ4v) is 1.30. The number of hydrogen-bond acceptors (Lipinski definition) is 2. The minimum atomic E-state index is 0.813. The Morgan fingerprint density at radius 1 is 1.20 bits per heavy atom. The number of benzene rings is 1. The molecule has 0 fully saturated rings. The van der Waals surface area contributed by atoms with Gasteiger partial charge in [-0.05, 0) is 25.0 Å². The van der Waals surface area contributed by atoms with Crippen molar-refractivity contribution in [3.63, 3.8) is 0 Å². The van der Waals surface area contributed by atoms with Crippen molar-refractivity contribution in [2.45, 2.75) is 33.1 Å². The molecule has 1 aromatic rings. The van der Waals surface area contributed by atoms with E-state index in [0.717, 1.165) is 37.4 Å². The standard InChI is InChI=1S/C13H21NO/c1-3-5-10-15-13-8-6-7-12(11-13)14-9-4-2/h6-8,11,14H,3-5,9-10H2,1-2H3. The molecule has 0 atom stereocenters. The van der Waals surface area contributed by atoms with Crippen molar-refractivity contribution < 1.29 is 4.74 Å². The lowest BCUT2D eigenvalue weighted by molar-refractivity contribution is 0.309. The van der Waals surface area contributed by atoms with Crippen molar-refractivity contribution in [2.75, 3.05) is 18.5 Å². The van der Waals surface area contributed by atoms with E-state index in [1.807, 2.05) is 12.1 Å². The SMILES string of the molecule is CCCCOc1cccc(NCCC)c1. The number of unbranched alkanes of at least 4 members (excludes halogenated alkanes) is 1. The maximum atomic E-state index is 5.63. The molecule has 0 radical (unpaired) electrons. The third-order valence-electron chi connectivity index (χ3n) is 2.18. The smallest absolute Gasteiger partial charge is 0.121 e. The second-order valence-corrected chi connectivity index (χ2v) is 3.66. The van der Waals surface area contributed by atoms with E-state index >= 15 is 0 Å². The molecule has 1 N–H and O–H groups in total. The third kappa shape index (κ3) is 4.73. The Morgan fingerprint density at radius 3 is 2.80 bits per heavy atom. The summed E-state index contributed by atoms with van der Waals surface area (Å²) in [5, 5.41) is 3.35. The van der Waals surface area contributed by atoms with E-state index < -0.39 is 0 Å². The zero-order chi connectivity index (χ0) is 10.9. The quantitative estimate of drug-likeness (QED) is 0.688. The van der Waals surface area contributed by atoms with E-state index in [4.69, 9.17) is 4.74 Å². The van der Waals surface area contributed by atoms with Gasteiger partial charge in [0.05, 0.1) is 6.61 Å². The molecule has 2 nitrogen and oxygen atoms in total. The normalized spacial score (nSPS) is 10.0. The van der Waals surface area contributed by atoms with Crippen LogP contribution in [0.1, 0.15) is 33.1 Å². The minimum absolute atomic E-state index is 0.813.